The van der Waals surface area contributed by atoms with Crippen LogP contribution in [0.2, 0.25) is 0 Å². The minimum absolute atomic E-state index is 0.165. The third-order valence-electron chi connectivity index (χ3n) is 4.78. The van der Waals surface area contributed by atoms with Gasteiger partial charge in [0, 0.05) is 32.7 Å². The van der Waals surface area contributed by atoms with E-state index in [1.165, 1.54) is 0 Å². The second-order valence-corrected chi connectivity index (χ2v) is 7.09. The molecular formula is C16H21N5OS. The normalized spacial score (nSPS) is 22.5. The predicted molar refractivity (Wildman–Crippen MR) is 91.8 cm³/mol. The molecular weight excluding hydrogens is 310 g/mol. The molecule has 2 aliphatic rings. The maximum absolute atomic E-state index is 12.6. The average Bonchev–Trinajstić information content (AvgIpc) is 3.11. The van der Waals surface area contributed by atoms with Crippen LogP contribution in [0.25, 0.3) is 10.2 Å². The highest BCUT2D eigenvalue weighted by atomic mass is 32.1. The topological polar surface area (TPSA) is 61.4 Å². The van der Waals surface area contributed by atoms with Gasteiger partial charge in [0.05, 0.1) is 11.3 Å². The Labute approximate surface area is 139 Å². The van der Waals surface area contributed by atoms with E-state index in [0.717, 1.165) is 68.1 Å². The van der Waals surface area contributed by atoms with E-state index in [4.69, 9.17) is 0 Å². The highest BCUT2D eigenvalue weighted by Crippen LogP contribution is 2.27. The molecule has 1 unspecified atom stereocenters. The van der Waals surface area contributed by atoms with Crippen LogP contribution in [-0.4, -0.2) is 60.0 Å². The quantitative estimate of drug-likeness (QED) is 0.900. The van der Waals surface area contributed by atoms with E-state index in [0.29, 0.717) is 5.91 Å². The van der Waals surface area contributed by atoms with Crippen molar-refractivity contribution in [2.75, 3.05) is 44.2 Å². The number of hydrogen-bond acceptors (Lipinski definition) is 6. The molecule has 4 rings (SSSR count). The molecule has 0 bridgehead atoms. The average molecular weight is 331 g/mol. The number of anilines is 1. The minimum atomic E-state index is 0.165. The van der Waals surface area contributed by atoms with Gasteiger partial charge in [0.2, 0.25) is 5.91 Å². The van der Waals surface area contributed by atoms with Gasteiger partial charge in [0.1, 0.15) is 17.0 Å². The van der Waals surface area contributed by atoms with Crippen molar-refractivity contribution in [3.8, 4) is 0 Å². The largest absolute Gasteiger partial charge is 0.352 e. The van der Waals surface area contributed by atoms with Gasteiger partial charge in [-0.15, -0.1) is 11.3 Å². The molecule has 0 aromatic carbocycles. The first-order chi connectivity index (χ1) is 11.3. The fourth-order valence-corrected chi connectivity index (χ4v) is 4.22. The lowest BCUT2D eigenvalue weighted by molar-refractivity contribution is -0.136. The number of fused-ring (bicyclic) bond motifs is 1. The minimum Gasteiger partial charge on any atom is -0.352 e. The molecule has 7 heteroatoms. The Hall–Kier alpha value is -1.73. The van der Waals surface area contributed by atoms with Crippen LogP contribution in [-0.2, 0) is 4.79 Å². The standard InChI is InChI=1S/C16H21N5OS/c22-16(12-2-1-4-17-10-12)21-7-5-20(6-8-21)14-13-3-9-23-15(13)19-11-18-14/h3,9,11-12,17H,1-2,4-8,10H2. The first-order valence-electron chi connectivity index (χ1n) is 8.25. The number of piperidine rings is 1. The molecule has 2 aromatic heterocycles. The monoisotopic (exact) mass is 331 g/mol. The van der Waals surface area contributed by atoms with E-state index in [1.807, 2.05) is 4.90 Å². The first kappa shape index (κ1) is 14.8. The summed E-state index contributed by atoms with van der Waals surface area (Å²) in [5, 5.41) is 6.51. The number of piperazine rings is 1. The van der Waals surface area contributed by atoms with Crippen molar-refractivity contribution in [3.05, 3.63) is 17.8 Å². The summed E-state index contributed by atoms with van der Waals surface area (Å²) >= 11 is 1.64. The number of aromatic nitrogens is 2. The molecule has 1 atom stereocenters. The SMILES string of the molecule is O=C(C1CCCNC1)N1CCN(c2ncnc3sccc23)CC1. The number of hydrogen-bond donors (Lipinski definition) is 1. The summed E-state index contributed by atoms with van der Waals surface area (Å²) in [6.07, 6.45) is 3.76. The van der Waals surface area contributed by atoms with Crippen LogP contribution in [0.1, 0.15) is 12.8 Å². The first-order valence-corrected chi connectivity index (χ1v) is 9.13. The molecule has 1 N–H and O–H groups in total. The molecule has 2 aliphatic heterocycles. The Balaban J connectivity index is 1.42. The van der Waals surface area contributed by atoms with Gasteiger partial charge in [0.25, 0.3) is 0 Å². The van der Waals surface area contributed by atoms with Gasteiger partial charge in [-0.05, 0) is 30.8 Å². The highest BCUT2D eigenvalue weighted by Gasteiger charge is 2.29. The number of thiophene rings is 1. The van der Waals surface area contributed by atoms with Crippen molar-refractivity contribution in [1.29, 1.82) is 0 Å². The molecule has 1 amide bonds. The van der Waals surface area contributed by atoms with Crippen LogP contribution >= 0.6 is 11.3 Å². The molecule has 2 saturated heterocycles. The third-order valence-corrected chi connectivity index (χ3v) is 5.60. The van der Waals surface area contributed by atoms with Gasteiger partial charge in [-0.25, -0.2) is 9.97 Å². The van der Waals surface area contributed by atoms with Crippen LogP contribution in [0.3, 0.4) is 0 Å². The Morgan fingerprint density at radius 2 is 2.13 bits per heavy atom. The van der Waals surface area contributed by atoms with Crippen LogP contribution in [0.15, 0.2) is 17.8 Å². The second kappa shape index (κ2) is 6.41. The summed E-state index contributed by atoms with van der Waals surface area (Å²) in [6.45, 7) is 5.13. The maximum atomic E-state index is 12.6. The molecule has 2 fully saturated rings. The van der Waals surface area contributed by atoms with E-state index in [9.17, 15) is 4.79 Å². The van der Waals surface area contributed by atoms with Crippen LogP contribution in [0.5, 0.6) is 0 Å². The Morgan fingerprint density at radius 1 is 1.26 bits per heavy atom. The maximum Gasteiger partial charge on any atom is 0.227 e. The summed E-state index contributed by atoms with van der Waals surface area (Å²) in [4.78, 5) is 26.7. The highest BCUT2D eigenvalue weighted by molar-refractivity contribution is 7.16. The molecule has 2 aromatic rings. The van der Waals surface area contributed by atoms with Crippen LogP contribution in [0, 0.1) is 5.92 Å². The van der Waals surface area contributed by atoms with Gasteiger partial charge in [-0.1, -0.05) is 0 Å². The van der Waals surface area contributed by atoms with Crippen molar-refractivity contribution in [1.82, 2.24) is 20.2 Å². The summed E-state index contributed by atoms with van der Waals surface area (Å²) in [5.74, 6) is 1.49. The fraction of sp³-hybridized carbons (Fsp3) is 0.562. The molecule has 0 spiro atoms. The number of rotatable bonds is 2. The zero-order valence-electron chi connectivity index (χ0n) is 13.1. The molecule has 23 heavy (non-hydrogen) atoms. The lowest BCUT2D eigenvalue weighted by Gasteiger charge is -2.37. The van der Waals surface area contributed by atoms with Gasteiger partial charge >= 0.3 is 0 Å². The molecule has 122 valence electrons. The van der Waals surface area contributed by atoms with Gasteiger partial charge in [0.15, 0.2) is 0 Å². The van der Waals surface area contributed by atoms with Crippen molar-refractivity contribution < 1.29 is 4.79 Å². The Kier molecular flexibility index (Phi) is 4.13. The number of nitrogens with zero attached hydrogens (tertiary/aromatic N) is 4. The lowest BCUT2D eigenvalue weighted by Crippen LogP contribution is -2.52. The summed E-state index contributed by atoms with van der Waals surface area (Å²) in [7, 11) is 0. The van der Waals surface area contributed by atoms with Gasteiger partial charge < -0.3 is 15.1 Å². The van der Waals surface area contributed by atoms with Gasteiger partial charge in [-0.3, -0.25) is 4.79 Å². The summed E-state index contributed by atoms with van der Waals surface area (Å²) < 4.78 is 0. The third kappa shape index (κ3) is 2.90. The Morgan fingerprint density at radius 3 is 2.91 bits per heavy atom. The van der Waals surface area contributed by atoms with Crippen molar-refractivity contribution in [2.45, 2.75) is 12.8 Å². The summed E-state index contributed by atoms with van der Waals surface area (Å²) in [5.41, 5.74) is 0. The number of amides is 1. The van der Waals surface area contributed by atoms with E-state index < -0.39 is 0 Å². The van der Waals surface area contributed by atoms with E-state index in [1.54, 1.807) is 17.7 Å². The molecule has 0 radical (unpaired) electrons. The molecule has 4 heterocycles. The number of carbonyl (C=O) groups excluding carboxylic acids is 1. The van der Waals surface area contributed by atoms with Crippen molar-refractivity contribution >= 4 is 33.3 Å². The molecule has 6 nitrogen and oxygen atoms in total. The van der Waals surface area contributed by atoms with E-state index in [-0.39, 0.29) is 5.92 Å². The van der Waals surface area contributed by atoms with Gasteiger partial charge in [-0.2, -0.15) is 0 Å². The predicted octanol–water partition coefficient (Wildman–Crippen LogP) is 1.34. The second-order valence-electron chi connectivity index (χ2n) is 6.19. The fourth-order valence-electron chi connectivity index (χ4n) is 3.49. The molecule has 0 aliphatic carbocycles. The van der Waals surface area contributed by atoms with Crippen molar-refractivity contribution in [2.24, 2.45) is 5.92 Å². The number of carbonyl (C=O) groups is 1. The Bertz CT molecular complexity index is 689. The van der Waals surface area contributed by atoms with E-state index in [2.05, 4.69) is 31.6 Å². The lowest BCUT2D eigenvalue weighted by atomic mass is 9.98. The summed E-state index contributed by atoms with van der Waals surface area (Å²) in [6, 6.07) is 2.08. The van der Waals surface area contributed by atoms with Crippen LogP contribution < -0.4 is 10.2 Å². The number of nitrogens with one attached hydrogen (secondary N) is 1. The van der Waals surface area contributed by atoms with Crippen molar-refractivity contribution in [3.63, 3.8) is 0 Å². The van der Waals surface area contributed by atoms with Crippen LogP contribution in [0.4, 0.5) is 5.82 Å². The molecule has 0 saturated carbocycles. The smallest absolute Gasteiger partial charge is 0.227 e. The zero-order chi connectivity index (χ0) is 15.6. The zero-order valence-corrected chi connectivity index (χ0v) is 13.9. The van der Waals surface area contributed by atoms with E-state index >= 15 is 0 Å².